The van der Waals surface area contributed by atoms with Crippen molar-refractivity contribution < 1.29 is 4.79 Å². The Bertz CT molecular complexity index is 658. The fourth-order valence-corrected chi connectivity index (χ4v) is 1.93. The van der Waals surface area contributed by atoms with Gasteiger partial charge in [0.05, 0.1) is 0 Å². The molecular weight excluding hydrogens is 300 g/mol. The van der Waals surface area contributed by atoms with Crippen LogP contribution in [0.4, 0.5) is 11.6 Å². The SMILES string of the molecule is CCC(C)Nc1nc(C)cc(C(=O)Nc2ccc(Cl)cc2)n1. The molecule has 2 N–H and O–H groups in total. The first kappa shape index (κ1) is 16.2. The molecule has 0 saturated carbocycles. The Morgan fingerprint density at radius 2 is 1.95 bits per heavy atom. The van der Waals surface area contributed by atoms with Crippen LogP contribution in [-0.2, 0) is 0 Å². The summed E-state index contributed by atoms with van der Waals surface area (Å²) in [5.41, 5.74) is 1.73. The monoisotopic (exact) mass is 318 g/mol. The molecule has 116 valence electrons. The molecule has 0 saturated heterocycles. The lowest BCUT2D eigenvalue weighted by atomic mass is 10.2. The van der Waals surface area contributed by atoms with Crippen molar-refractivity contribution in [1.82, 2.24) is 9.97 Å². The van der Waals surface area contributed by atoms with Crippen LogP contribution >= 0.6 is 11.6 Å². The third-order valence-corrected chi connectivity index (χ3v) is 3.43. The molecule has 2 aromatic rings. The zero-order valence-corrected chi connectivity index (χ0v) is 13.6. The van der Waals surface area contributed by atoms with E-state index in [1.165, 1.54) is 0 Å². The summed E-state index contributed by atoms with van der Waals surface area (Å²) in [5, 5.41) is 6.59. The van der Waals surface area contributed by atoms with E-state index >= 15 is 0 Å². The Morgan fingerprint density at radius 3 is 2.59 bits per heavy atom. The molecule has 1 atom stereocenters. The van der Waals surface area contributed by atoms with Crippen LogP contribution in [0.15, 0.2) is 30.3 Å². The van der Waals surface area contributed by atoms with E-state index < -0.39 is 0 Å². The van der Waals surface area contributed by atoms with Crippen LogP contribution in [0.25, 0.3) is 0 Å². The van der Waals surface area contributed by atoms with E-state index in [0.29, 0.717) is 22.4 Å². The van der Waals surface area contributed by atoms with E-state index in [-0.39, 0.29) is 11.9 Å². The van der Waals surface area contributed by atoms with Crippen molar-refractivity contribution in [3.63, 3.8) is 0 Å². The number of halogens is 1. The zero-order valence-electron chi connectivity index (χ0n) is 12.9. The molecule has 1 heterocycles. The lowest BCUT2D eigenvalue weighted by molar-refractivity contribution is 0.102. The summed E-state index contributed by atoms with van der Waals surface area (Å²) < 4.78 is 0. The molecule has 1 amide bonds. The smallest absolute Gasteiger partial charge is 0.274 e. The van der Waals surface area contributed by atoms with Gasteiger partial charge in [-0.25, -0.2) is 9.97 Å². The third kappa shape index (κ3) is 4.43. The van der Waals surface area contributed by atoms with Crippen LogP contribution in [0.3, 0.4) is 0 Å². The van der Waals surface area contributed by atoms with Gasteiger partial charge in [0.25, 0.3) is 5.91 Å². The molecule has 1 aromatic carbocycles. The first-order valence-electron chi connectivity index (χ1n) is 7.17. The Balaban J connectivity index is 2.16. The summed E-state index contributed by atoms with van der Waals surface area (Å²) in [6, 6.07) is 8.83. The predicted octanol–water partition coefficient (Wildman–Crippen LogP) is 3.90. The molecule has 1 aromatic heterocycles. The van der Waals surface area contributed by atoms with Gasteiger partial charge in [-0.1, -0.05) is 18.5 Å². The normalized spacial score (nSPS) is 11.8. The van der Waals surface area contributed by atoms with Crippen molar-refractivity contribution in [1.29, 1.82) is 0 Å². The van der Waals surface area contributed by atoms with E-state index in [0.717, 1.165) is 12.1 Å². The van der Waals surface area contributed by atoms with Gasteiger partial charge >= 0.3 is 0 Å². The van der Waals surface area contributed by atoms with E-state index in [9.17, 15) is 4.79 Å². The maximum absolute atomic E-state index is 12.3. The summed E-state index contributed by atoms with van der Waals surface area (Å²) in [6.45, 7) is 5.95. The van der Waals surface area contributed by atoms with Crippen LogP contribution in [-0.4, -0.2) is 21.9 Å². The number of rotatable bonds is 5. The van der Waals surface area contributed by atoms with Crippen molar-refractivity contribution in [2.24, 2.45) is 0 Å². The Kier molecular flexibility index (Phi) is 5.33. The summed E-state index contributed by atoms with van der Waals surface area (Å²) in [5.74, 6) is 0.190. The van der Waals surface area contributed by atoms with E-state index in [2.05, 4.69) is 27.5 Å². The summed E-state index contributed by atoms with van der Waals surface area (Å²) in [4.78, 5) is 20.9. The summed E-state index contributed by atoms with van der Waals surface area (Å²) in [6.07, 6.45) is 0.948. The second-order valence-electron chi connectivity index (χ2n) is 5.13. The van der Waals surface area contributed by atoms with E-state index in [1.54, 1.807) is 30.3 Å². The number of aromatic nitrogens is 2. The molecule has 1 unspecified atom stereocenters. The summed E-state index contributed by atoms with van der Waals surface area (Å²) >= 11 is 5.83. The molecule has 0 bridgehead atoms. The minimum Gasteiger partial charge on any atom is -0.352 e. The molecule has 6 heteroatoms. The maximum Gasteiger partial charge on any atom is 0.274 e. The van der Waals surface area contributed by atoms with Crippen molar-refractivity contribution >= 4 is 29.1 Å². The minimum atomic E-state index is -0.278. The van der Waals surface area contributed by atoms with Gasteiger partial charge in [0.2, 0.25) is 5.95 Å². The highest BCUT2D eigenvalue weighted by atomic mass is 35.5. The first-order valence-corrected chi connectivity index (χ1v) is 7.55. The molecule has 0 aliphatic heterocycles. The molecule has 0 fully saturated rings. The predicted molar refractivity (Wildman–Crippen MR) is 89.5 cm³/mol. The highest BCUT2D eigenvalue weighted by Gasteiger charge is 2.12. The Hall–Kier alpha value is -2.14. The van der Waals surface area contributed by atoms with Gasteiger partial charge in [-0.15, -0.1) is 0 Å². The topological polar surface area (TPSA) is 66.9 Å². The number of benzene rings is 1. The zero-order chi connectivity index (χ0) is 16.1. The minimum absolute atomic E-state index is 0.244. The van der Waals surface area contributed by atoms with Gasteiger partial charge in [0, 0.05) is 22.4 Å². The number of amides is 1. The lowest BCUT2D eigenvalue weighted by Crippen LogP contribution is -2.19. The number of hydrogen-bond donors (Lipinski definition) is 2. The van der Waals surface area contributed by atoms with Crippen molar-refractivity contribution in [3.05, 3.63) is 46.7 Å². The average molecular weight is 319 g/mol. The number of nitrogens with one attached hydrogen (secondary N) is 2. The van der Waals surface area contributed by atoms with Gasteiger partial charge in [0.1, 0.15) is 5.69 Å². The van der Waals surface area contributed by atoms with Crippen LogP contribution in [0.1, 0.15) is 36.5 Å². The molecule has 22 heavy (non-hydrogen) atoms. The molecule has 0 aliphatic rings. The number of carbonyl (C=O) groups excluding carboxylic acids is 1. The molecule has 5 nitrogen and oxygen atoms in total. The molecule has 0 aliphatic carbocycles. The number of carbonyl (C=O) groups is 1. The molecule has 2 rings (SSSR count). The Morgan fingerprint density at radius 1 is 1.27 bits per heavy atom. The standard InChI is InChI=1S/C16H19ClN4O/c1-4-10(2)18-16-19-11(3)9-14(21-16)15(22)20-13-7-5-12(17)6-8-13/h5-10H,4H2,1-3H3,(H,20,22)(H,18,19,21). The highest BCUT2D eigenvalue weighted by Crippen LogP contribution is 2.15. The number of aryl methyl sites for hydroxylation is 1. The number of nitrogens with zero attached hydrogens (tertiary/aromatic N) is 2. The van der Waals surface area contributed by atoms with Gasteiger partial charge < -0.3 is 10.6 Å². The largest absolute Gasteiger partial charge is 0.352 e. The van der Waals surface area contributed by atoms with Crippen LogP contribution in [0.2, 0.25) is 5.02 Å². The van der Waals surface area contributed by atoms with Crippen LogP contribution in [0.5, 0.6) is 0 Å². The molecule has 0 radical (unpaired) electrons. The fraction of sp³-hybridized carbons (Fsp3) is 0.312. The maximum atomic E-state index is 12.3. The van der Waals surface area contributed by atoms with Crippen molar-refractivity contribution in [3.8, 4) is 0 Å². The van der Waals surface area contributed by atoms with Crippen LogP contribution in [0, 0.1) is 6.92 Å². The first-order chi connectivity index (χ1) is 10.5. The van der Waals surface area contributed by atoms with Crippen LogP contribution < -0.4 is 10.6 Å². The highest BCUT2D eigenvalue weighted by molar-refractivity contribution is 6.30. The van der Waals surface area contributed by atoms with E-state index in [1.807, 2.05) is 13.8 Å². The Labute approximate surface area is 135 Å². The molecular formula is C16H19ClN4O. The number of hydrogen-bond acceptors (Lipinski definition) is 4. The fourth-order valence-electron chi connectivity index (χ4n) is 1.80. The van der Waals surface area contributed by atoms with Gasteiger partial charge in [-0.3, -0.25) is 4.79 Å². The summed E-state index contributed by atoms with van der Waals surface area (Å²) in [7, 11) is 0. The average Bonchev–Trinajstić information content (AvgIpc) is 2.48. The van der Waals surface area contributed by atoms with Crippen molar-refractivity contribution in [2.75, 3.05) is 10.6 Å². The second-order valence-corrected chi connectivity index (χ2v) is 5.57. The third-order valence-electron chi connectivity index (χ3n) is 3.18. The van der Waals surface area contributed by atoms with Gasteiger partial charge in [-0.2, -0.15) is 0 Å². The number of anilines is 2. The quantitative estimate of drug-likeness (QED) is 0.877. The van der Waals surface area contributed by atoms with Gasteiger partial charge in [-0.05, 0) is 50.6 Å². The molecule has 0 spiro atoms. The van der Waals surface area contributed by atoms with Gasteiger partial charge in [0.15, 0.2) is 0 Å². The second kappa shape index (κ2) is 7.22. The van der Waals surface area contributed by atoms with E-state index in [4.69, 9.17) is 11.6 Å². The lowest BCUT2D eigenvalue weighted by Gasteiger charge is -2.12. The van der Waals surface area contributed by atoms with Crippen molar-refractivity contribution in [2.45, 2.75) is 33.2 Å².